The molecule has 108 valence electrons. The number of hydrogen-bond donors (Lipinski definition) is 1. The van der Waals surface area contributed by atoms with E-state index in [9.17, 15) is 14.9 Å². The summed E-state index contributed by atoms with van der Waals surface area (Å²) in [6, 6.07) is 7.12. The van der Waals surface area contributed by atoms with Crippen LogP contribution in [0.2, 0.25) is 5.02 Å². The van der Waals surface area contributed by atoms with Crippen LogP contribution < -0.4 is 5.32 Å². The van der Waals surface area contributed by atoms with Gasteiger partial charge >= 0.3 is 0 Å². The molecule has 0 saturated heterocycles. The molecular weight excluding hydrogens is 296 g/mol. The number of halogens is 1. The molecule has 2 aromatic rings. The van der Waals surface area contributed by atoms with E-state index in [1.54, 1.807) is 12.1 Å². The highest BCUT2D eigenvalue weighted by Crippen LogP contribution is 2.32. The predicted octanol–water partition coefficient (Wildman–Crippen LogP) is 3.42. The molecule has 0 saturated carbocycles. The Bertz CT molecular complexity index is 709. The van der Waals surface area contributed by atoms with Gasteiger partial charge in [0.1, 0.15) is 5.76 Å². The zero-order valence-electron chi connectivity index (χ0n) is 10.8. The minimum Gasteiger partial charge on any atom is -0.451 e. The molecule has 6 nitrogen and oxygen atoms in total. The van der Waals surface area contributed by atoms with Crippen molar-refractivity contribution in [3.05, 3.63) is 63.9 Å². The Balaban J connectivity index is 2.27. The Hall–Kier alpha value is -2.60. The first-order valence-electron chi connectivity index (χ1n) is 5.96. The minimum absolute atomic E-state index is 0.112. The zero-order chi connectivity index (χ0) is 15.4. The largest absolute Gasteiger partial charge is 0.451 e. The summed E-state index contributed by atoms with van der Waals surface area (Å²) in [5.74, 6) is 0.110. The molecule has 0 aliphatic heterocycles. The number of non-ortho nitro benzene ring substituents is 1. The summed E-state index contributed by atoms with van der Waals surface area (Å²) in [5.41, 5.74) is 0.365. The highest BCUT2D eigenvalue weighted by molar-refractivity contribution is 6.33. The van der Waals surface area contributed by atoms with E-state index in [1.165, 1.54) is 24.3 Å². The zero-order valence-corrected chi connectivity index (χ0v) is 11.6. The quantitative estimate of drug-likeness (QED) is 0.521. The molecule has 0 spiro atoms. The first-order chi connectivity index (χ1) is 10.0. The van der Waals surface area contributed by atoms with E-state index in [0.29, 0.717) is 17.9 Å². The van der Waals surface area contributed by atoms with Crippen molar-refractivity contribution in [3.63, 3.8) is 0 Å². The third-order valence-corrected chi connectivity index (χ3v) is 2.98. The SMILES string of the molecule is C=CCNC(=O)c1ccc(-c2ccc([N+](=O)[O-])cc2Cl)o1. The Morgan fingerprint density at radius 2 is 2.19 bits per heavy atom. The maximum atomic E-state index is 11.7. The molecule has 1 aromatic heterocycles. The van der Waals surface area contributed by atoms with E-state index in [2.05, 4.69) is 11.9 Å². The summed E-state index contributed by atoms with van der Waals surface area (Å²) >= 11 is 6.00. The van der Waals surface area contributed by atoms with Crippen molar-refractivity contribution >= 4 is 23.2 Å². The average molecular weight is 307 g/mol. The highest BCUT2D eigenvalue weighted by atomic mass is 35.5. The van der Waals surface area contributed by atoms with Crippen LogP contribution in [0.4, 0.5) is 5.69 Å². The predicted molar refractivity (Wildman–Crippen MR) is 78.3 cm³/mol. The molecule has 0 aliphatic rings. The molecule has 0 bridgehead atoms. The van der Waals surface area contributed by atoms with Gasteiger partial charge in [0.2, 0.25) is 0 Å². The van der Waals surface area contributed by atoms with E-state index in [1.807, 2.05) is 0 Å². The van der Waals surface area contributed by atoms with Crippen LogP contribution in [0.15, 0.2) is 47.4 Å². The van der Waals surface area contributed by atoms with Crippen LogP contribution in [0.3, 0.4) is 0 Å². The van der Waals surface area contributed by atoms with Crippen LogP contribution in [-0.2, 0) is 0 Å². The molecule has 1 amide bonds. The number of benzene rings is 1. The maximum absolute atomic E-state index is 11.7. The number of nitro groups is 1. The van der Waals surface area contributed by atoms with Gasteiger partial charge in [0.25, 0.3) is 11.6 Å². The first-order valence-corrected chi connectivity index (χ1v) is 6.34. The van der Waals surface area contributed by atoms with Gasteiger partial charge in [0, 0.05) is 24.2 Å². The molecule has 0 radical (unpaired) electrons. The second-order valence-corrected chi connectivity index (χ2v) is 4.49. The van der Waals surface area contributed by atoms with E-state index < -0.39 is 4.92 Å². The molecular formula is C14H11ClN2O4. The van der Waals surface area contributed by atoms with Gasteiger partial charge in [-0.3, -0.25) is 14.9 Å². The molecule has 1 aromatic carbocycles. The number of furan rings is 1. The smallest absolute Gasteiger partial charge is 0.287 e. The van der Waals surface area contributed by atoms with Crippen molar-refractivity contribution in [2.45, 2.75) is 0 Å². The molecule has 0 unspecified atom stereocenters. The molecule has 7 heteroatoms. The van der Waals surface area contributed by atoms with Gasteiger partial charge in [0.15, 0.2) is 5.76 Å². The molecule has 2 rings (SSSR count). The normalized spacial score (nSPS) is 10.1. The van der Waals surface area contributed by atoms with Crippen molar-refractivity contribution in [2.24, 2.45) is 0 Å². The van der Waals surface area contributed by atoms with E-state index in [4.69, 9.17) is 16.0 Å². The third kappa shape index (κ3) is 3.29. The van der Waals surface area contributed by atoms with Crippen molar-refractivity contribution in [3.8, 4) is 11.3 Å². The van der Waals surface area contributed by atoms with Crippen LogP contribution >= 0.6 is 11.6 Å². The fourth-order valence-corrected chi connectivity index (χ4v) is 1.94. The van der Waals surface area contributed by atoms with Crippen LogP contribution in [0.1, 0.15) is 10.6 Å². The Morgan fingerprint density at radius 3 is 2.81 bits per heavy atom. The van der Waals surface area contributed by atoms with Gasteiger partial charge in [0.05, 0.1) is 9.95 Å². The van der Waals surface area contributed by atoms with Crippen molar-refractivity contribution < 1.29 is 14.1 Å². The Morgan fingerprint density at radius 1 is 1.43 bits per heavy atom. The van der Waals surface area contributed by atoms with E-state index in [-0.39, 0.29) is 22.4 Å². The van der Waals surface area contributed by atoms with E-state index in [0.717, 1.165) is 0 Å². The highest BCUT2D eigenvalue weighted by Gasteiger charge is 2.15. The van der Waals surface area contributed by atoms with Crippen molar-refractivity contribution in [1.29, 1.82) is 0 Å². The topological polar surface area (TPSA) is 85.4 Å². The van der Waals surface area contributed by atoms with Crippen molar-refractivity contribution in [1.82, 2.24) is 5.32 Å². The van der Waals surface area contributed by atoms with Gasteiger partial charge in [-0.1, -0.05) is 17.7 Å². The van der Waals surface area contributed by atoms with Crippen LogP contribution in [-0.4, -0.2) is 17.4 Å². The lowest BCUT2D eigenvalue weighted by Gasteiger charge is -2.01. The van der Waals surface area contributed by atoms with Gasteiger partial charge in [-0.15, -0.1) is 6.58 Å². The number of carbonyl (C=O) groups excluding carboxylic acids is 1. The first kappa shape index (κ1) is 14.8. The summed E-state index contributed by atoms with van der Waals surface area (Å²) < 4.78 is 5.41. The maximum Gasteiger partial charge on any atom is 0.287 e. The number of nitrogens with zero attached hydrogens (tertiary/aromatic N) is 1. The standard InChI is InChI=1S/C14H11ClN2O4/c1-2-7-16-14(18)13-6-5-12(21-13)10-4-3-9(17(19)20)8-11(10)15/h2-6,8H,1,7H2,(H,16,18). The van der Waals surface area contributed by atoms with Crippen molar-refractivity contribution in [2.75, 3.05) is 6.54 Å². The lowest BCUT2D eigenvalue weighted by molar-refractivity contribution is -0.384. The summed E-state index contributed by atoms with van der Waals surface area (Å²) in [6.07, 6.45) is 1.55. The summed E-state index contributed by atoms with van der Waals surface area (Å²) in [7, 11) is 0. The fourth-order valence-electron chi connectivity index (χ4n) is 1.67. The molecule has 1 heterocycles. The van der Waals surface area contributed by atoms with E-state index >= 15 is 0 Å². The van der Waals surface area contributed by atoms with Crippen LogP contribution in [0, 0.1) is 10.1 Å². The lowest BCUT2D eigenvalue weighted by Crippen LogP contribution is -2.22. The number of nitro benzene ring substituents is 1. The summed E-state index contributed by atoms with van der Waals surface area (Å²) in [6.45, 7) is 3.82. The second kappa shape index (κ2) is 6.23. The molecule has 0 atom stereocenters. The third-order valence-electron chi connectivity index (χ3n) is 2.67. The monoisotopic (exact) mass is 306 g/mol. The number of rotatable bonds is 5. The number of nitrogens with one attached hydrogen (secondary N) is 1. The Kier molecular flexibility index (Phi) is 4.39. The minimum atomic E-state index is -0.536. The molecule has 1 N–H and O–H groups in total. The Labute approximate surface area is 125 Å². The number of carbonyl (C=O) groups is 1. The second-order valence-electron chi connectivity index (χ2n) is 4.08. The summed E-state index contributed by atoms with van der Waals surface area (Å²) in [4.78, 5) is 21.8. The average Bonchev–Trinajstić information content (AvgIpc) is 2.94. The van der Waals surface area contributed by atoms with Gasteiger partial charge < -0.3 is 9.73 Å². The van der Waals surface area contributed by atoms with Gasteiger partial charge in [-0.25, -0.2) is 0 Å². The molecule has 21 heavy (non-hydrogen) atoms. The molecule has 0 aliphatic carbocycles. The van der Waals surface area contributed by atoms with Crippen LogP contribution in [0.25, 0.3) is 11.3 Å². The number of amides is 1. The van der Waals surface area contributed by atoms with Gasteiger partial charge in [-0.05, 0) is 18.2 Å². The summed E-state index contributed by atoms with van der Waals surface area (Å²) in [5, 5.41) is 13.4. The fraction of sp³-hybridized carbons (Fsp3) is 0.0714. The lowest BCUT2D eigenvalue weighted by atomic mass is 10.1. The van der Waals surface area contributed by atoms with Gasteiger partial charge in [-0.2, -0.15) is 0 Å². The number of hydrogen-bond acceptors (Lipinski definition) is 4. The molecule has 0 fully saturated rings. The van der Waals surface area contributed by atoms with Crippen LogP contribution in [0.5, 0.6) is 0 Å².